The topological polar surface area (TPSA) is 87.3 Å². The quantitative estimate of drug-likeness (QED) is 0.744. The molecule has 3 amide bonds. The molecule has 0 unspecified atom stereocenters. The molecule has 6 heteroatoms. The second-order valence-corrected chi connectivity index (χ2v) is 5.99. The van der Waals surface area contributed by atoms with Crippen molar-refractivity contribution >= 4 is 34.8 Å². The third kappa shape index (κ3) is 4.23. The lowest BCUT2D eigenvalue weighted by Gasteiger charge is -2.11. The number of nitrogens with one attached hydrogen (secondary N) is 3. The molecule has 0 saturated heterocycles. The van der Waals surface area contributed by atoms with E-state index in [1.54, 1.807) is 36.4 Å². The average Bonchev–Trinajstić information content (AvgIpc) is 2.75. The fourth-order valence-electron chi connectivity index (χ4n) is 2.76. The number of fused-ring (bicyclic) bond motifs is 1. The number of aryl methyl sites for hydroxylation is 1. The lowest BCUT2D eigenvalue weighted by Crippen LogP contribution is -2.19. The zero-order valence-corrected chi connectivity index (χ0v) is 13.9. The summed E-state index contributed by atoms with van der Waals surface area (Å²) in [4.78, 5) is 35.2. The van der Waals surface area contributed by atoms with Gasteiger partial charge in [0, 0.05) is 29.0 Å². The number of rotatable bonds is 3. The lowest BCUT2D eigenvalue weighted by atomic mass is 10.1. The number of urea groups is 1. The molecule has 6 nitrogen and oxygen atoms in total. The maximum atomic E-state index is 12.2. The number of carbonyl (C=O) groups excluding carboxylic acids is 3. The van der Waals surface area contributed by atoms with Crippen LogP contribution < -0.4 is 16.0 Å². The van der Waals surface area contributed by atoms with E-state index in [0.29, 0.717) is 23.4 Å². The largest absolute Gasteiger partial charge is 0.326 e. The van der Waals surface area contributed by atoms with E-state index < -0.39 is 6.03 Å². The summed E-state index contributed by atoms with van der Waals surface area (Å²) in [5.41, 5.74) is 3.53. The average molecular weight is 337 g/mol. The van der Waals surface area contributed by atoms with Crippen LogP contribution >= 0.6 is 0 Å². The highest BCUT2D eigenvalue weighted by atomic mass is 16.2. The number of amides is 3. The molecular formula is C19H19N3O3. The molecule has 3 N–H and O–H groups in total. The predicted molar refractivity (Wildman–Crippen MR) is 97.1 cm³/mol. The van der Waals surface area contributed by atoms with Gasteiger partial charge in [0.25, 0.3) is 0 Å². The minimum absolute atomic E-state index is 0.0163. The van der Waals surface area contributed by atoms with Crippen molar-refractivity contribution in [3.63, 3.8) is 0 Å². The Kier molecular flexibility index (Phi) is 4.79. The van der Waals surface area contributed by atoms with E-state index in [4.69, 9.17) is 0 Å². The molecular weight excluding hydrogens is 318 g/mol. The Balaban J connectivity index is 1.69. The first-order valence-corrected chi connectivity index (χ1v) is 8.13. The van der Waals surface area contributed by atoms with Crippen LogP contribution in [0.25, 0.3) is 0 Å². The molecule has 1 aliphatic rings. The number of ketones is 1. The van der Waals surface area contributed by atoms with E-state index in [1.165, 1.54) is 6.92 Å². The lowest BCUT2D eigenvalue weighted by molar-refractivity contribution is -0.116. The molecule has 2 aromatic rings. The van der Waals surface area contributed by atoms with Crippen LogP contribution in [0.3, 0.4) is 0 Å². The smallest absolute Gasteiger partial charge is 0.323 e. The summed E-state index contributed by atoms with van der Waals surface area (Å²) < 4.78 is 0. The Morgan fingerprint density at radius 3 is 2.52 bits per heavy atom. The molecule has 0 aromatic heterocycles. The Labute approximate surface area is 145 Å². The van der Waals surface area contributed by atoms with Gasteiger partial charge in [0.15, 0.2) is 5.78 Å². The Bertz CT molecular complexity index is 846. The monoisotopic (exact) mass is 337 g/mol. The fraction of sp³-hybridized carbons (Fsp3) is 0.211. The van der Waals surface area contributed by atoms with Gasteiger partial charge < -0.3 is 16.0 Å². The second kappa shape index (κ2) is 7.17. The molecule has 128 valence electrons. The van der Waals surface area contributed by atoms with Crippen LogP contribution in [0.2, 0.25) is 0 Å². The first-order chi connectivity index (χ1) is 12.0. The maximum absolute atomic E-state index is 12.2. The molecule has 0 saturated carbocycles. The highest BCUT2D eigenvalue weighted by Crippen LogP contribution is 2.25. The normalized spacial score (nSPS) is 13.2. The van der Waals surface area contributed by atoms with Crippen molar-refractivity contribution in [2.24, 2.45) is 0 Å². The van der Waals surface area contributed by atoms with Crippen LogP contribution in [-0.4, -0.2) is 17.7 Å². The van der Waals surface area contributed by atoms with Gasteiger partial charge in [-0.05, 0) is 55.7 Å². The van der Waals surface area contributed by atoms with Crippen molar-refractivity contribution in [2.75, 3.05) is 16.0 Å². The molecule has 3 rings (SSSR count). The van der Waals surface area contributed by atoms with Crippen molar-refractivity contribution in [3.05, 3.63) is 53.6 Å². The molecule has 0 fully saturated rings. The Morgan fingerprint density at radius 2 is 1.76 bits per heavy atom. The predicted octanol–water partition coefficient (Wildman–Crippen LogP) is 3.81. The number of benzene rings is 2. The van der Waals surface area contributed by atoms with Gasteiger partial charge in [-0.2, -0.15) is 0 Å². The van der Waals surface area contributed by atoms with Gasteiger partial charge in [-0.25, -0.2) is 4.79 Å². The molecule has 0 spiro atoms. The summed E-state index contributed by atoms with van der Waals surface area (Å²) in [6.45, 7) is 1.48. The van der Waals surface area contributed by atoms with Gasteiger partial charge in [-0.1, -0.05) is 12.1 Å². The minimum atomic E-state index is -0.390. The number of Topliss-reactive ketones (excluding diaryl/α,β-unsaturated/α-hetero) is 1. The van der Waals surface area contributed by atoms with Crippen LogP contribution in [-0.2, 0) is 11.2 Å². The van der Waals surface area contributed by atoms with E-state index in [2.05, 4.69) is 16.0 Å². The van der Waals surface area contributed by atoms with Gasteiger partial charge >= 0.3 is 6.03 Å². The molecule has 0 atom stereocenters. The van der Waals surface area contributed by atoms with Gasteiger partial charge in [0.05, 0.1) is 0 Å². The zero-order chi connectivity index (χ0) is 17.8. The molecule has 1 heterocycles. The number of hydrogen-bond acceptors (Lipinski definition) is 3. The van der Waals surface area contributed by atoms with E-state index >= 15 is 0 Å². The van der Waals surface area contributed by atoms with Gasteiger partial charge in [-0.15, -0.1) is 0 Å². The minimum Gasteiger partial charge on any atom is -0.326 e. The summed E-state index contributed by atoms with van der Waals surface area (Å²) in [6.07, 6.45) is 2.07. The van der Waals surface area contributed by atoms with Crippen LogP contribution in [0.1, 0.15) is 35.7 Å². The van der Waals surface area contributed by atoms with E-state index in [1.807, 2.05) is 6.07 Å². The molecule has 0 bridgehead atoms. The molecule has 2 aromatic carbocycles. The van der Waals surface area contributed by atoms with Crippen molar-refractivity contribution in [1.29, 1.82) is 0 Å². The molecule has 25 heavy (non-hydrogen) atoms. The maximum Gasteiger partial charge on any atom is 0.323 e. The number of anilines is 3. The molecule has 1 aliphatic heterocycles. The first-order valence-electron chi connectivity index (χ1n) is 8.13. The first kappa shape index (κ1) is 16.7. The van der Waals surface area contributed by atoms with Crippen LogP contribution in [0, 0.1) is 0 Å². The van der Waals surface area contributed by atoms with E-state index in [-0.39, 0.29) is 11.7 Å². The third-order valence-electron chi connectivity index (χ3n) is 4.01. The number of carbonyl (C=O) groups is 3. The van der Waals surface area contributed by atoms with Crippen LogP contribution in [0.4, 0.5) is 21.9 Å². The van der Waals surface area contributed by atoms with E-state index in [9.17, 15) is 14.4 Å². The van der Waals surface area contributed by atoms with Gasteiger partial charge in [0.2, 0.25) is 5.91 Å². The highest BCUT2D eigenvalue weighted by Gasteiger charge is 2.13. The molecule has 0 aliphatic carbocycles. The standard InChI is InChI=1S/C19H19N3O3/c1-12(23)13-4-2-6-15(10-13)20-19(25)21-16-8-9-17-14(11-16)5-3-7-18(24)22-17/h2,4,6,8-11H,3,5,7H2,1H3,(H,22,24)(H2,20,21,25). The van der Waals surface area contributed by atoms with Crippen molar-refractivity contribution in [3.8, 4) is 0 Å². The summed E-state index contributed by atoms with van der Waals surface area (Å²) in [6, 6.07) is 11.8. The summed E-state index contributed by atoms with van der Waals surface area (Å²) in [7, 11) is 0. The Hall–Kier alpha value is -3.15. The summed E-state index contributed by atoms with van der Waals surface area (Å²) in [5.74, 6) is -0.0422. The van der Waals surface area contributed by atoms with E-state index in [0.717, 1.165) is 24.1 Å². The zero-order valence-electron chi connectivity index (χ0n) is 13.9. The highest BCUT2D eigenvalue weighted by molar-refractivity contribution is 6.01. The number of hydrogen-bond donors (Lipinski definition) is 3. The second-order valence-electron chi connectivity index (χ2n) is 5.99. The Morgan fingerprint density at radius 1 is 1.00 bits per heavy atom. The van der Waals surface area contributed by atoms with Crippen LogP contribution in [0.15, 0.2) is 42.5 Å². The van der Waals surface area contributed by atoms with Crippen molar-refractivity contribution in [1.82, 2.24) is 0 Å². The summed E-state index contributed by atoms with van der Waals surface area (Å²) >= 11 is 0. The molecule has 0 radical (unpaired) electrons. The van der Waals surface area contributed by atoms with Crippen molar-refractivity contribution in [2.45, 2.75) is 26.2 Å². The fourth-order valence-corrected chi connectivity index (χ4v) is 2.76. The van der Waals surface area contributed by atoms with Crippen molar-refractivity contribution < 1.29 is 14.4 Å². The van der Waals surface area contributed by atoms with Crippen LogP contribution in [0.5, 0.6) is 0 Å². The summed E-state index contributed by atoms with van der Waals surface area (Å²) in [5, 5.41) is 8.35. The van der Waals surface area contributed by atoms with Gasteiger partial charge in [-0.3, -0.25) is 9.59 Å². The van der Waals surface area contributed by atoms with Gasteiger partial charge in [0.1, 0.15) is 0 Å². The third-order valence-corrected chi connectivity index (χ3v) is 4.01. The SMILES string of the molecule is CC(=O)c1cccc(NC(=O)Nc2ccc3c(c2)CCCC(=O)N3)c1.